The van der Waals surface area contributed by atoms with Crippen LogP contribution in [0.15, 0.2) is 0 Å². The lowest BCUT2D eigenvalue weighted by Gasteiger charge is -2.20. The van der Waals surface area contributed by atoms with Crippen molar-refractivity contribution in [3.63, 3.8) is 0 Å². The fourth-order valence-corrected chi connectivity index (χ4v) is 1.00. The van der Waals surface area contributed by atoms with Crippen LogP contribution >= 0.6 is 0 Å². The van der Waals surface area contributed by atoms with Crippen molar-refractivity contribution >= 4 is 5.78 Å². The van der Waals surface area contributed by atoms with Crippen LogP contribution in [-0.2, 0) is 14.3 Å². The van der Waals surface area contributed by atoms with Gasteiger partial charge in [-0.15, -0.1) is 0 Å². The summed E-state index contributed by atoms with van der Waals surface area (Å²) in [5, 5.41) is 0. The Morgan fingerprint density at radius 1 is 1.12 bits per heavy atom. The lowest BCUT2D eigenvalue weighted by atomic mass is 10.3. The molecule has 0 unspecified atom stereocenters. The lowest BCUT2D eigenvalue weighted by molar-refractivity contribution is -0.118. The molecule has 0 fully saturated rings. The molecule has 96 valence electrons. The van der Waals surface area contributed by atoms with Crippen LogP contribution in [0.5, 0.6) is 0 Å². The minimum absolute atomic E-state index is 0.166. The van der Waals surface area contributed by atoms with E-state index in [2.05, 4.69) is 25.8 Å². The Kier molecular flexibility index (Phi) is 9.48. The van der Waals surface area contributed by atoms with Crippen LogP contribution in [0.1, 0.15) is 27.2 Å². The fraction of sp³-hybridized carbons (Fsp3) is 0.917. The normalized spacial score (nSPS) is 11.4. The highest BCUT2D eigenvalue weighted by Gasteiger charge is 2.01. The summed E-state index contributed by atoms with van der Waals surface area (Å²) < 4.78 is 10.6. The molecule has 0 atom stereocenters. The van der Waals surface area contributed by atoms with Gasteiger partial charge in [-0.1, -0.05) is 0 Å². The summed E-state index contributed by atoms with van der Waals surface area (Å²) in [5.41, 5.74) is 0. The molecule has 0 bridgehead atoms. The Hall–Kier alpha value is -0.450. The molecule has 0 aromatic heterocycles. The van der Waals surface area contributed by atoms with E-state index < -0.39 is 0 Å². The Bertz CT molecular complexity index is 183. The van der Waals surface area contributed by atoms with Gasteiger partial charge in [0.2, 0.25) is 0 Å². The topological polar surface area (TPSA) is 38.8 Å². The maximum atomic E-state index is 10.6. The van der Waals surface area contributed by atoms with Gasteiger partial charge in [-0.05, 0) is 27.8 Å². The zero-order valence-corrected chi connectivity index (χ0v) is 11.0. The smallest absolute Gasteiger partial charge is 0.132 e. The number of Topliss-reactive ketones (excluding diaryl/α,β-unsaturated/α-hetero) is 1. The molecule has 0 heterocycles. The Morgan fingerprint density at radius 3 is 2.19 bits per heavy atom. The molecule has 0 aliphatic heterocycles. The van der Waals surface area contributed by atoms with Crippen molar-refractivity contribution in [1.29, 1.82) is 0 Å². The monoisotopic (exact) mass is 231 g/mol. The first-order valence-corrected chi connectivity index (χ1v) is 5.89. The number of rotatable bonds is 10. The van der Waals surface area contributed by atoms with Crippen molar-refractivity contribution in [3.8, 4) is 0 Å². The van der Waals surface area contributed by atoms with Gasteiger partial charge in [0.05, 0.1) is 26.4 Å². The number of hydrogen-bond donors (Lipinski definition) is 0. The molecule has 0 saturated heterocycles. The summed E-state index contributed by atoms with van der Waals surface area (Å²) in [6.45, 7) is 9.22. The number of nitrogens with zero attached hydrogens (tertiary/aromatic N) is 1. The fourth-order valence-electron chi connectivity index (χ4n) is 1.00. The molecule has 0 N–H and O–H groups in total. The summed E-state index contributed by atoms with van der Waals surface area (Å²) in [4.78, 5) is 12.8. The van der Waals surface area contributed by atoms with Crippen molar-refractivity contribution in [1.82, 2.24) is 4.90 Å². The summed E-state index contributed by atoms with van der Waals surface area (Å²) >= 11 is 0. The molecular weight excluding hydrogens is 206 g/mol. The van der Waals surface area contributed by atoms with Gasteiger partial charge in [-0.3, -0.25) is 4.79 Å². The van der Waals surface area contributed by atoms with Gasteiger partial charge in [0.25, 0.3) is 0 Å². The van der Waals surface area contributed by atoms with E-state index in [4.69, 9.17) is 9.47 Å². The average Bonchev–Trinajstić information content (AvgIpc) is 2.21. The molecule has 4 nitrogen and oxygen atoms in total. The van der Waals surface area contributed by atoms with Crippen LogP contribution in [-0.4, -0.2) is 56.7 Å². The van der Waals surface area contributed by atoms with Crippen molar-refractivity contribution in [3.05, 3.63) is 0 Å². The highest BCUT2D eigenvalue weighted by molar-refractivity contribution is 5.75. The molecule has 4 heteroatoms. The third kappa shape index (κ3) is 10.1. The Balaban J connectivity index is 3.13. The first-order valence-electron chi connectivity index (χ1n) is 5.89. The SMILES string of the molecule is CC(=O)CCOCCOCCN(C)C(C)C. The maximum absolute atomic E-state index is 10.6. The molecular formula is C12H25NO3. The van der Waals surface area contributed by atoms with Crippen LogP contribution in [0, 0.1) is 0 Å². The van der Waals surface area contributed by atoms with Crippen LogP contribution in [0.4, 0.5) is 0 Å². The van der Waals surface area contributed by atoms with Gasteiger partial charge in [-0.2, -0.15) is 0 Å². The van der Waals surface area contributed by atoms with Crippen LogP contribution in [0.25, 0.3) is 0 Å². The van der Waals surface area contributed by atoms with Crippen molar-refractivity contribution in [2.45, 2.75) is 33.2 Å². The van der Waals surface area contributed by atoms with Crippen LogP contribution < -0.4 is 0 Å². The quantitative estimate of drug-likeness (QED) is 0.532. The zero-order chi connectivity index (χ0) is 12.4. The summed E-state index contributed by atoms with van der Waals surface area (Å²) in [5.74, 6) is 0.166. The van der Waals surface area contributed by atoms with Crippen LogP contribution in [0.3, 0.4) is 0 Å². The lowest BCUT2D eigenvalue weighted by Crippen LogP contribution is -2.30. The molecule has 0 amide bonds. The highest BCUT2D eigenvalue weighted by Crippen LogP contribution is 1.92. The number of likely N-dealkylation sites (N-methyl/N-ethyl adjacent to an activating group) is 1. The number of carbonyl (C=O) groups is 1. The number of ether oxygens (including phenoxy) is 2. The zero-order valence-electron chi connectivity index (χ0n) is 11.0. The van der Waals surface area contributed by atoms with E-state index in [1.165, 1.54) is 0 Å². The molecule has 0 saturated carbocycles. The Morgan fingerprint density at radius 2 is 1.69 bits per heavy atom. The van der Waals surface area contributed by atoms with Crippen molar-refractivity contribution in [2.24, 2.45) is 0 Å². The van der Waals surface area contributed by atoms with E-state index >= 15 is 0 Å². The average molecular weight is 231 g/mol. The minimum atomic E-state index is 0.166. The second-order valence-corrected chi connectivity index (χ2v) is 4.25. The second kappa shape index (κ2) is 9.75. The standard InChI is InChI=1S/C12H25NO3/c1-11(2)13(4)6-8-16-10-9-15-7-5-12(3)14/h11H,5-10H2,1-4H3. The molecule has 0 spiro atoms. The van der Waals surface area contributed by atoms with Gasteiger partial charge >= 0.3 is 0 Å². The van der Waals surface area contributed by atoms with E-state index in [-0.39, 0.29) is 5.78 Å². The van der Waals surface area contributed by atoms with Gasteiger partial charge in [0.15, 0.2) is 0 Å². The summed E-state index contributed by atoms with van der Waals surface area (Å²) in [6, 6.07) is 0.551. The van der Waals surface area contributed by atoms with Gasteiger partial charge in [-0.25, -0.2) is 0 Å². The van der Waals surface area contributed by atoms with E-state index in [1.807, 2.05) is 0 Å². The molecule has 16 heavy (non-hydrogen) atoms. The Labute approximate surface area is 98.9 Å². The van der Waals surface area contributed by atoms with E-state index in [1.54, 1.807) is 6.92 Å². The largest absolute Gasteiger partial charge is 0.379 e. The van der Waals surface area contributed by atoms with Crippen molar-refractivity contribution < 1.29 is 14.3 Å². The van der Waals surface area contributed by atoms with Gasteiger partial charge in [0, 0.05) is 19.0 Å². The van der Waals surface area contributed by atoms with E-state index in [9.17, 15) is 4.79 Å². The van der Waals surface area contributed by atoms with E-state index in [0.29, 0.717) is 32.3 Å². The predicted molar refractivity (Wildman–Crippen MR) is 64.7 cm³/mol. The molecule has 0 radical (unpaired) electrons. The molecule has 0 aliphatic carbocycles. The molecule has 0 rings (SSSR count). The number of carbonyl (C=O) groups excluding carboxylic acids is 1. The first kappa shape index (κ1) is 15.6. The van der Waals surface area contributed by atoms with Crippen LogP contribution in [0.2, 0.25) is 0 Å². The summed E-state index contributed by atoms with van der Waals surface area (Å²) in [6.07, 6.45) is 0.496. The first-order chi connectivity index (χ1) is 7.54. The maximum Gasteiger partial charge on any atom is 0.132 e. The van der Waals surface area contributed by atoms with Crippen molar-refractivity contribution in [2.75, 3.05) is 40.0 Å². The predicted octanol–water partition coefficient (Wildman–Crippen LogP) is 1.34. The minimum Gasteiger partial charge on any atom is -0.379 e. The molecule has 0 aliphatic rings. The second-order valence-electron chi connectivity index (χ2n) is 4.25. The molecule has 0 aromatic carbocycles. The number of ketones is 1. The highest BCUT2D eigenvalue weighted by atomic mass is 16.5. The third-order valence-electron chi connectivity index (χ3n) is 2.44. The van der Waals surface area contributed by atoms with Gasteiger partial charge < -0.3 is 14.4 Å². The third-order valence-corrected chi connectivity index (χ3v) is 2.44. The van der Waals surface area contributed by atoms with E-state index in [0.717, 1.165) is 13.2 Å². The summed E-state index contributed by atoms with van der Waals surface area (Å²) in [7, 11) is 2.08. The molecule has 0 aromatic rings. The van der Waals surface area contributed by atoms with Gasteiger partial charge in [0.1, 0.15) is 5.78 Å². The number of hydrogen-bond acceptors (Lipinski definition) is 4.